The van der Waals surface area contributed by atoms with Crippen molar-refractivity contribution >= 4 is 11.8 Å². The first kappa shape index (κ1) is 31.0. The standard InChI is InChI=1S/C34H42FN3O4/c1-4-27(5-2)34(41)38(30-16-18-37(19-17-30)22-26-10-15-32(42-3)31(39)20-26)23-25-6-11-28(12-7-25)33(40)36-21-24-8-13-29(35)14-9-24/h6-15,20,27,30,39H,4-5,16-19,21-23H2,1-3H3,(H,36,40). The van der Waals surface area contributed by atoms with Crippen LogP contribution in [0.1, 0.15) is 66.6 Å². The molecule has 224 valence electrons. The maximum absolute atomic E-state index is 13.7. The highest BCUT2D eigenvalue weighted by Crippen LogP contribution is 2.28. The number of likely N-dealkylation sites (tertiary alicyclic amines) is 1. The number of nitrogens with zero attached hydrogens (tertiary/aromatic N) is 2. The third kappa shape index (κ3) is 8.10. The second-order valence-electron chi connectivity index (χ2n) is 11.0. The Bertz CT molecular complexity index is 1320. The zero-order chi connectivity index (χ0) is 30.1. The number of piperidine rings is 1. The molecule has 0 radical (unpaired) electrons. The average molecular weight is 576 g/mol. The number of halogens is 1. The number of hydrogen-bond donors (Lipinski definition) is 2. The zero-order valence-corrected chi connectivity index (χ0v) is 24.8. The summed E-state index contributed by atoms with van der Waals surface area (Å²) < 4.78 is 18.3. The molecule has 3 aromatic carbocycles. The van der Waals surface area contributed by atoms with Crippen molar-refractivity contribution in [3.8, 4) is 11.5 Å². The molecule has 1 fully saturated rings. The van der Waals surface area contributed by atoms with E-state index in [-0.39, 0.29) is 35.3 Å². The lowest BCUT2D eigenvalue weighted by Crippen LogP contribution is -2.48. The lowest BCUT2D eigenvalue weighted by molar-refractivity contribution is -0.140. The zero-order valence-electron chi connectivity index (χ0n) is 24.8. The Hall–Kier alpha value is -3.91. The molecule has 4 rings (SSSR count). The number of nitrogens with one attached hydrogen (secondary N) is 1. The minimum atomic E-state index is -0.308. The summed E-state index contributed by atoms with van der Waals surface area (Å²) in [6.07, 6.45) is 3.35. The summed E-state index contributed by atoms with van der Waals surface area (Å²) in [4.78, 5) is 30.8. The van der Waals surface area contributed by atoms with E-state index in [9.17, 15) is 19.1 Å². The fraction of sp³-hybridized carbons (Fsp3) is 0.412. The number of carbonyl (C=O) groups excluding carboxylic acids is 2. The molecule has 7 nitrogen and oxygen atoms in total. The van der Waals surface area contributed by atoms with E-state index in [4.69, 9.17) is 4.74 Å². The van der Waals surface area contributed by atoms with Gasteiger partial charge in [-0.05, 0) is 78.8 Å². The molecule has 3 aromatic rings. The molecular weight excluding hydrogens is 533 g/mol. The van der Waals surface area contributed by atoms with Crippen LogP contribution in [0.25, 0.3) is 0 Å². The number of carbonyl (C=O) groups is 2. The van der Waals surface area contributed by atoms with Crippen LogP contribution in [0.2, 0.25) is 0 Å². The number of phenols is 1. The van der Waals surface area contributed by atoms with Crippen molar-refractivity contribution in [3.05, 3.63) is 94.8 Å². The molecular formula is C34H42FN3O4. The summed E-state index contributed by atoms with van der Waals surface area (Å²) in [5.41, 5.74) is 3.38. The molecule has 0 bridgehead atoms. The summed E-state index contributed by atoms with van der Waals surface area (Å²) in [6.45, 7) is 7.40. The van der Waals surface area contributed by atoms with E-state index in [0.717, 1.165) is 62.0 Å². The third-order valence-corrected chi connectivity index (χ3v) is 8.20. The van der Waals surface area contributed by atoms with Gasteiger partial charge in [0.1, 0.15) is 5.82 Å². The SMILES string of the molecule is CCC(CC)C(=O)N(Cc1ccc(C(=O)NCc2ccc(F)cc2)cc1)C1CCN(Cc2ccc(OC)c(O)c2)CC1. The monoisotopic (exact) mass is 575 g/mol. The summed E-state index contributed by atoms with van der Waals surface area (Å²) in [6, 6.07) is 19.1. The van der Waals surface area contributed by atoms with E-state index in [1.165, 1.54) is 19.2 Å². The maximum Gasteiger partial charge on any atom is 0.251 e. The lowest BCUT2D eigenvalue weighted by atomic mass is 9.96. The summed E-state index contributed by atoms with van der Waals surface area (Å²) in [7, 11) is 1.54. The second kappa shape index (κ2) is 14.8. The quantitative estimate of drug-likeness (QED) is 0.281. The normalized spacial score (nSPS) is 14.1. The Morgan fingerprint density at radius 1 is 0.976 bits per heavy atom. The van der Waals surface area contributed by atoms with Crippen LogP contribution in [0, 0.1) is 11.7 Å². The van der Waals surface area contributed by atoms with E-state index >= 15 is 0 Å². The number of aromatic hydroxyl groups is 1. The molecule has 1 aliphatic rings. The number of hydrogen-bond acceptors (Lipinski definition) is 5. The van der Waals surface area contributed by atoms with Crippen molar-refractivity contribution < 1.29 is 23.8 Å². The lowest BCUT2D eigenvalue weighted by Gasteiger charge is -2.40. The van der Waals surface area contributed by atoms with Gasteiger partial charge in [0.05, 0.1) is 7.11 Å². The van der Waals surface area contributed by atoms with Crippen LogP contribution in [-0.4, -0.2) is 53.0 Å². The Kier molecular flexibility index (Phi) is 11.0. The van der Waals surface area contributed by atoms with Gasteiger partial charge in [0, 0.05) is 50.2 Å². The van der Waals surface area contributed by atoms with Crippen molar-refractivity contribution in [1.82, 2.24) is 15.1 Å². The van der Waals surface area contributed by atoms with Crippen molar-refractivity contribution in [3.63, 3.8) is 0 Å². The molecule has 0 saturated carbocycles. The predicted octanol–water partition coefficient (Wildman–Crippen LogP) is 5.90. The summed E-state index contributed by atoms with van der Waals surface area (Å²) >= 11 is 0. The van der Waals surface area contributed by atoms with Gasteiger partial charge < -0.3 is 20.1 Å². The first-order valence-electron chi connectivity index (χ1n) is 14.8. The van der Waals surface area contributed by atoms with Gasteiger partial charge in [0.25, 0.3) is 5.91 Å². The van der Waals surface area contributed by atoms with Crippen LogP contribution in [0.5, 0.6) is 11.5 Å². The average Bonchev–Trinajstić information content (AvgIpc) is 3.01. The molecule has 0 atom stereocenters. The smallest absolute Gasteiger partial charge is 0.251 e. The Morgan fingerprint density at radius 2 is 1.60 bits per heavy atom. The minimum absolute atomic E-state index is 0.0122. The number of methoxy groups -OCH3 is 1. The van der Waals surface area contributed by atoms with Gasteiger partial charge in [-0.1, -0.05) is 44.2 Å². The van der Waals surface area contributed by atoms with Gasteiger partial charge in [0.2, 0.25) is 5.91 Å². The molecule has 42 heavy (non-hydrogen) atoms. The van der Waals surface area contributed by atoms with E-state index in [1.807, 2.05) is 18.2 Å². The fourth-order valence-corrected chi connectivity index (χ4v) is 5.59. The Labute approximate surface area is 248 Å². The van der Waals surface area contributed by atoms with Crippen LogP contribution in [0.15, 0.2) is 66.7 Å². The van der Waals surface area contributed by atoms with Gasteiger partial charge in [-0.2, -0.15) is 0 Å². The first-order chi connectivity index (χ1) is 20.3. The number of phenolic OH excluding ortho intramolecular Hbond substituents is 1. The van der Waals surface area contributed by atoms with Crippen LogP contribution < -0.4 is 10.1 Å². The second-order valence-corrected chi connectivity index (χ2v) is 11.0. The molecule has 0 unspecified atom stereocenters. The molecule has 2 amide bonds. The third-order valence-electron chi connectivity index (χ3n) is 8.20. The highest BCUT2D eigenvalue weighted by Gasteiger charge is 2.31. The van der Waals surface area contributed by atoms with E-state index in [0.29, 0.717) is 24.4 Å². The van der Waals surface area contributed by atoms with Crippen molar-refractivity contribution in [2.75, 3.05) is 20.2 Å². The molecule has 1 saturated heterocycles. The largest absolute Gasteiger partial charge is 0.504 e. The molecule has 1 heterocycles. The van der Waals surface area contributed by atoms with Crippen molar-refractivity contribution in [2.45, 2.75) is 65.2 Å². The summed E-state index contributed by atoms with van der Waals surface area (Å²) in [5, 5.41) is 13.0. The Balaban J connectivity index is 1.38. The van der Waals surface area contributed by atoms with Crippen LogP contribution >= 0.6 is 0 Å². The summed E-state index contributed by atoms with van der Waals surface area (Å²) in [5.74, 6) is 0.280. The maximum atomic E-state index is 13.7. The minimum Gasteiger partial charge on any atom is -0.504 e. The fourth-order valence-electron chi connectivity index (χ4n) is 5.59. The topological polar surface area (TPSA) is 82.1 Å². The number of rotatable bonds is 12. The van der Waals surface area contributed by atoms with Crippen LogP contribution in [-0.2, 0) is 24.4 Å². The first-order valence-corrected chi connectivity index (χ1v) is 14.8. The van der Waals surface area contributed by atoms with Crippen molar-refractivity contribution in [1.29, 1.82) is 0 Å². The molecule has 0 aromatic heterocycles. The van der Waals surface area contributed by atoms with Gasteiger partial charge in [-0.15, -0.1) is 0 Å². The molecule has 2 N–H and O–H groups in total. The van der Waals surface area contributed by atoms with Gasteiger partial charge in [0.15, 0.2) is 11.5 Å². The molecule has 8 heteroatoms. The number of ether oxygens (including phenoxy) is 1. The van der Waals surface area contributed by atoms with E-state index in [2.05, 4.69) is 29.0 Å². The van der Waals surface area contributed by atoms with E-state index < -0.39 is 0 Å². The predicted molar refractivity (Wildman–Crippen MR) is 162 cm³/mol. The number of amides is 2. The van der Waals surface area contributed by atoms with Gasteiger partial charge >= 0.3 is 0 Å². The molecule has 0 spiro atoms. The number of benzene rings is 3. The highest BCUT2D eigenvalue weighted by atomic mass is 19.1. The van der Waals surface area contributed by atoms with Crippen molar-refractivity contribution in [2.24, 2.45) is 5.92 Å². The Morgan fingerprint density at radius 3 is 2.19 bits per heavy atom. The van der Waals surface area contributed by atoms with Gasteiger partial charge in [-0.3, -0.25) is 14.5 Å². The van der Waals surface area contributed by atoms with Crippen LogP contribution in [0.4, 0.5) is 4.39 Å². The van der Waals surface area contributed by atoms with Gasteiger partial charge in [-0.25, -0.2) is 4.39 Å². The molecule has 1 aliphatic heterocycles. The van der Waals surface area contributed by atoms with E-state index in [1.54, 1.807) is 36.4 Å². The highest BCUT2D eigenvalue weighted by molar-refractivity contribution is 5.94. The molecule has 0 aliphatic carbocycles. The van der Waals surface area contributed by atoms with Crippen LogP contribution in [0.3, 0.4) is 0 Å².